The SMILES string of the molecule is CC(C)N1CC[C@H](CNC(=O)c2ccc(Br)cc2F)C1. The highest BCUT2D eigenvalue weighted by Crippen LogP contribution is 2.18. The minimum Gasteiger partial charge on any atom is -0.352 e. The molecule has 110 valence electrons. The van der Waals surface area contributed by atoms with E-state index in [-0.39, 0.29) is 11.5 Å². The monoisotopic (exact) mass is 342 g/mol. The Morgan fingerprint density at radius 2 is 2.30 bits per heavy atom. The summed E-state index contributed by atoms with van der Waals surface area (Å²) in [6.07, 6.45) is 1.08. The van der Waals surface area contributed by atoms with Crippen molar-refractivity contribution in [3.8, 4) is 0 Å². The summed E-state index contributed by atoms with van der Waals surface area (Å²) in [6, 6.07) is 5.03. The number of carbonyl (C=O) groups excluding carboxylic acids is 1. The zero-order valence-corrected chi connectivity index (χ0v) is 13.4. The van der Waals surface area contributed by atoms with Crippen molar-refractivity contribution in [2.45, 2.75) is 26.3 Å². The van der Waals surface area contributed by atoms with E-state index in [4.69, 9.17) is 0 Å². The second-order valence-corrected chi connectivity index (χ2v) is 6.49. The molecule has 0 aliphatic carbocycles. The largest absolute Gasteiger partial charge is 0.352 e. The van der Waals surface area contributed by atoms with Gasteiger partial charge in [-0.1, -0.05) is 15.9 Å². The van der Waals surface area contributed by atoms with Crippen LogP contribution in [0.4, 0.5) is 4.39 Å². The molecular formula is C15H20BrFN2O. The van der Waals surface area contributed by atoms with Gasteiger partial charge < -0.3 is 10.2 Å². The van der Waals surface area contributed by atoms with Gasteiger partial charge in [0.2, 0.25) is 0 Å². The number of carbonyl (C=O) groups is 1. The zero-order chi connectivity index (χ0) is 14.7. The smallest absolute Gasteiger partial charge is 0.254 e. The summed E-state index contributed by atoms with van der Waals surface area (Å²) in [5, 5.41) is 2.84. The number of hydrogen-bond acceptors (Lipinski definition) is 2. The van der Waals surface area contributed by atoms with Crippen molar-refractivity contribution in [3.63, 3.8) is 0 Å². The maximum atomic E-state index is 13.7. The molecule has 3 nitrogen and oxygen atoms in total. The van der Waals surface area contributed by atoms with Gasteiger partial charge in [0.05, 0.1) is 5.56 Å². The van der Waals surface area contributed by atoms with E-state index in [1.54, 1.807) is 6.07 Å². The Labute approximate surface area is 127 Å². The maximum absolute atomic E-state index is 13.7. The van der Waals surface area contributed by atoms with Gasteiger partial charge in [0.15, 0.2) is 0 Å². The minimum atomic E-state index is -0.493. The number of amides is 1. The van der Waals surface area contributed by atoms with E-state index in [1.165, 1.54) is 12.1 Å². The van der Waals surface area contributed by atoms with Crippen LogP contribution in [0.2, 0.25) is 0 Å². The van der Waals surface area contributed by atoms with Crippen LogP contribution in [0.1, 0.15) is 30.6 Å². The normalized spacial score (nSPS) is 19.6. The predicted octanol–water partition coefficient (Wildman–Crippen LogP) is 3.05. The van der Waals surface area contributed by atoms with Crippen LogP contribution in [0, 0.1) is 11.7 Å². The van der Waals surface area contributed by atoms with Gasteiger partial charge in [-0.15, -0.1) is 0 Å². The molecule has 1 aromatic rings. The lowest BCUT2D eigenvalue weighted by Crippen LogP contribution is -2.33. The number of benzene rings is 1. The number of hydrogen-bond donors (Lipinski definition) is 1. The van der Waals surface area contributed by atoms with Gasteiger partial charge in [0, 0.05) is 23.6 Å². The van der Waals surface area contributed by atoms with Crippen molar-refractivity contribution in [1.29, 1.82) is 0 Å². The van der Waals surface area contributed by atoms with Gasteiger partial charge in [0.25, 0.3) is 5.91 Å². The summed E-state index contributed by atoms with van der Waals surface area (Å²) in [5.41, 5.74) is 0.104. The van der Waals surface area contributed by atoms with Gasteiger partial charge in [0.1, 0.15) is 5.82 Å². The molecule has 1 N–H and O–H groups in total. The second kappa shape index (κ2) is 6.68. The summed E-state index contributed by atoms with van der Waals surface area (Å²) in [7, 11) is 0. The van der Waals surface area contributed by atoms with E-state index in [0.29, 0.717) is 23.0 Å². The van der Waals surface area contributed by atoms with E-state index >= 15 is 0 Å². The molecule has 5 heteroatoms. The van der Waals surface area contributed by atoms with Crippen LogP contribution in [0.15, 0.2) is 22.7 Å². The molecule has 0 aromatic heterocycles. The number of nitrogens with one attached hydrogen (secondary N) is 1. The first-order valence-corrected chi connectivity index (χ1v) is 7.74. The molecule has 0 unspecified atom stereocenters. The van der Waals surface area contributed by atoms with Crippen LogP contribution >= 0.6 is 15.9 Å². The third kappa shape index (κ3) is 3.79. The van der Waals surface area contributed by atoms with E-state index in [1.807, 2.05) is 0 Å². The molecular weight excluding hydrogens is 323 g/mol. The van der Waals surface area contributed by atoms with Crippen LogP contribution in [0.3, 0.4) is 0 Å². The summed E-state index contributed by atoms with van der Waals surface area (Å²) in [6.45, 7) is 7.04. The van der Waals surface area contributed by atoms with Gasteiger partial charge in [-0.2, -0.15) is 0 Å². The zero-order valence-electron chi connectivity index (χ0n) is 11.8. The van der Waals surface area contributed by atoms with Gasteiger partial charge in [-0.25, -0.2) is 4.39 Å². The average Bonchev–Trinajstić information content (AvgIpc) is 2.85. The number of halogens is 2. The van der Waals surface area contributed by atoms with Gasteiger partial charge in [-0.05, 0) is 50.9 Å². The molecule has 1 aromatic carbocycles. The molecule has 0 spiro atoms. The number of nitrogens with zero attached hydrogens (tertiary/aromatic N) is 1. The fourth-order valence-electron chi connectivity index (χ4n) is 2.50. The Kier molecular flexibility index (Phi) is 5.16. The predicted molar refractivity (Wildman–Crippen MR) is 81.2 cm³/mol. The van der Waals surface area contributed by atoms with Crippen molar-refractivity contribution in [2.24, 2.45) is 5.92 Å². The Balaban J connectivity index is 1.87. The second-order valence-electron chi connectivity index (χ2n) is 5.58. The third-order valence-corrected chi connectivity index (χ3v) is 4.27. The first-order valence-electron chi connectivity index (χ1n) is 6.94. The fourth-order valence-corrected chi connectivity index (χ4v) is 2.84. The topological polar surface area (TPSA) is 32.3 Å². The van der Waals surface area contributed by atoms with Crippen molar-refractivity contribution < 1.29 is 9.18 Å². The first kappa shape index (κ1) is 15.4. The number of rotatable bonds is 4. The van der Waals surface area contributed by atoms with Crippen molar-refractivity contribution in [2.75, 3.05) is 19.6 Å². The summed E-state index contributed by atoms with van der Waals surface area (Å²) >= 11 is 3.18. The van der Waals surface area contributed by atoms with Crippen LogP contribution in [0.25, 0.3) is 0 Å². The molecule has 1 atom stereocenters. The van der Waals surface area contributed by atoms with Crippen LogP contribution < -0.4 is 5.32 Å². The average molecular weight is 343 g/mol. The molecule has 20 heavy (non-hydrogen) atoms. The Bertz CT molecular complexity index is 493. The molecule has 0 saturated carbocycles. The minimum absolute atomic E-state index is 0.104. The molecule has 1 saturated heterocycles. The highest BCUT2D eigenvalue weighted by molar-refractivity contribution is 9.10. The van der Waals surface area contributed by atoms with E-state index < -0.39 is 5.82 Å². The van der Waals surface area contributed by atoms with Crippen LogP contribution in [-0.4, -0.2) is 36.5 Å². The molecule has 0 radical (unpaired) electrons. The van der Waals surface area contributed by atoms with Crippen LogP contribution in [-0.2, 0) is 0 Å². The standard InChI is InChI=1S/C15H20BrFN2O/c1-10(2)19-6-5-11(9-19)8-18-15(20)13-4-3-12(16)7-14(13)17/h3-4,7,10-11H,5-6,8-9H2,1-2H3,(H,18,20)/t11-/m1/s1. The molecule has 1 amide bonds. The number of likely N-dealkylation sites (tertiary alicyclic amines) is 1. The Morgan fingerprint density at radius 1 is 1.55 bits per heavy atom. The van der Waals surface area contributed by atoms with Crippen molar-refractivity contribution >= 4 is 21.8 Å². The Morgan fingerprint density at radius 3 is 2.90 bits per heavy atom. The lowest BCUT2D eigenvalue weighted by Gasteiger charge is -2.20. The van der Waals surface area contributed by atoms with Gasteiger partial charge >= 0.3 is 0 Å². The van der Waals surface area contributed by atoms with Crippen molar-refractivity contribution in [1.82, 2.24) is 10.2 Å². The van der Waals surface area contributed by atoms with Crippen molar-refractivity contribution in [3.05, 3.63) is 34.1 Å². The van der Waals surface area contributed by atoms with E-state index in [9.17, 15) is 9.18 Å². The molecule has 1 aliphatic heterocycles. The fraction of sp³-hybridized carbons (Fsp3) is 0.533. The summed E-state index contributed by atoms with van der Waals surface area (Å²) in [4.78, 5) is 14.4. The lowest BCUT2D eigenvalue weighted by molar-refractivity contribution is 0.0943. The molecule has 1 heterocycles. The van der Waals surface area contributed by atoms with Gasteiger partial charge in [-0.3, -0.25) is 4.79 Å². The van der Waals surface area contributed by atoms with E-state index in [0.717, 1.165) is 19.5 Å². The quantitative estimate of drug-likeness (QED) is 0.911. The summed E-state index contributed by atoms with van der Waals surface area (Å²) < 4.78 is 14.3. The molecule has 1 aliphatic rings. The summed E-state index contributed by atoms with van der Waals surface area (Å²) in [5.74, 6) is -0.370. The van der Waals surface area contributed by atoms with Crippen LogP contribution in [0.5, 0.6) is 0 Å². The highest BCUT2D eigenvalue weighted by Gasteiger charge is 2.24. The Hall–Kier alpha value is -0.940. The maximum Gasteiger partial charge on any atom is 0.254 e. The first-order chi connectivity index (χ1) is 9.47. The highest BCUT2D eigenvalue weighted by atomic mass is 79.9. The third-order valence-electron chi connectivity index (χ3n) is 3.77. The lowest BCUT2D eigenvalue weighted by atomic mass is 10.1. The molecule has 2 rings (SSSR count). The molecule has 1 fully saturated rings. The van der Waals surface area contributed by atoms with E-state index in [2.05, 4.69) is 40.0 Å². The molecule has 0 bridgehead atoms.